The molecule has 1 heterocycles. The fourth-order valence-corrected chi connectivity index (χ4v) is 4.72. The van der Waals surface area contributed by atoms with Gasteiger partial charge in [0.25, 0.3) is 0 Å². The van der Waals surface area contributed by atoms with Crippen LogP contribution in [0.25, 0.3) is 22.0 Å². The Labute approximate surface area is 191 Å². The van der Waals surface area contributed by atoms with Crippen LogP contribution < -0.4 is 4.74 Å². The lowest BCUT2D eigenvalue weighted by atomic mass is 10.00. The number of pyridine rings is 1. The summed E-state index contributed by atoms with van der Waals surface area (Å²) in [4.78, 5) is 4.79. The highest BCUT2D eigenvalue weighted by atomic mass is 35.5. The largest absolute Gasteiger partial charge is 0.457 e. The normalized spacial score (nSPS) is 11.6. The first kappa shape index (κ1) is 21.6. The number of para-hydroxylation sites is 1. The summed E-state index contributed by atoms with van der Waals surface area (Å²) in [5.41, 5.74) is 3.19. The molecular weight excluding hydrogens is 453 g/mol. The van der Waals surface area contributed by atoms with Gasteiger partial charge in [-0.1, -0.05) is 48.3 Å². The van der Waals surface area contributed by atoms with E-state index in [-0.39, 0.29) is 10.6 Å². The lowest BCUT2D eigenvalue weighted by molar-refractivity contribution is 0.481. The van der Waals surface area contributed by atoms with Crippen LogP contribution in [0.2, 0.25) is 10.0 Å². The van der Waals surface area contributed by atoms with Gasteiger partial charge in [0.1, 0.15) is 11.5 Å². The van der Waals surface area contributed by atoms with Gasteiger partial charge in [-0.25, -0.2) is 8.42 Å². The Kier molecular flexibility index (Phi) is 5.93. The molecule has 0 atom stereocenters. The van der Waals surface area contributed by atoms with E-state index in [0.29, 0.717) is 27.1 Å². The van der Waals surface area contributed by atoms with Crippen LogP contribution in [-0.2, 0) is 9.84 Å². The highest BCUT2D eigenvalue weighted by Gasteiger charge is 2.15. The van der Waals surface area contributed by atoms with Crippen molar-refractivity contribution in [3.8, 4) is 22.6 Å². The average molecular weight is 472 g/mol. The first-order valence-electron chi connectivity index (χ1n) is 9.65. The molecule has 4 rings (SSSR count). The molecule has 0 aliphatic carbocycles. The van der Waals surface area contributed by atoms with Crippen LogP contribution in [0, 0.1) is 6.92 Å². The molecule has 0 aliphatic rings. The molecule has 1 aromatic heterocycles. The predicted molar refractivity (Wildman–Crippen MR) is 126 cm³/mol. The highest BCUT2D eigenvalue weighted by Crippen LogP contribution is 2.38. The fourth-order valence-electron chi connectivity index (χ4n) is 3.37. The topological polar surface area (TPSA) is 56.3 Å². The monoisotopic (exact) mass is 471 g/mol. The maximum atomic E-state index is 12.2. The van der Waals surface area contributed by atoms with E-state index in [2.05, 4.69) is 4.98 Å². The maximum Gasteiger partial charge on any atom is 0.178 e. The van der Waals surface area contributed by atoms with Crippen LogP contribution in [0.4, 0.5) is 0 Å². The van der Waals surface area contributed by atoms with Crippen molar-refractivity contribution < 1.29 is 13.2 Å². The van der Waals surface area contributed by atoms with Crippen molar-refractivity contribution in [3.63, 3.8) is 0 Å². The number of sulfone groups is 1. The number of aryl methyl sites for hydroxylation is 1. The molecule has 4 aromatic rings. The molecule has 0 saturated carbocycles. The Morgan fingerprint density at radius 2 is 1.61 bits per heavy atom. The Morgan fingerprint density at radius 1 is 0.871 bits per heavy atom. The number of hydrogen-bond acceptors (Lipinski definition) is 4. The molecule has 0 amide bonds. The summed E-state index contributed by atoms with van der Waals surface area (Å²) < 4.78 is 30.3. The molecular formula is C24H19Cl2NO3S. The van der Waals surface area contributed by atoms with Gasteiger partial charge in [0.2, 0.25) is 0 Å². The van der Waals surface area contributed by atoms with E-state index in [1.54, 1.807) is 43.3 Å². The minimum atomic E-state index is -3.32. The first-order valence-corrected chi connectivity index (χ1v) is 12.1. The maximum absolute atomic E-state index is 12.2. The number of hydrogen-bond donors (Lipinski definition) is 0. The molecule has 3 aromatic carbocycles. The summed E-state index contributed by atoms with van der Waals surface area (Å²) in [5, 5.41) is 2.01. The van der Waals surface area contributed by atoms with Crippen LogP contribution >= 0.6 is 23.2 Å². The van der Waals surface area contributed by atoms with Gasteiger partial charge in [0.05, 0.1) is 21.2 Å². The van der Waals surface area contributed by atoms with Crippen LogP contribution in [0.1, 0.15) is 12.6 Å². The predicted octanol–water partition coefficient (Wildman–Crippen LogP) is 7.10. The molecule has 0 saturated heterocycles. The highest BCUT2D eigenvalue weighted by molar-refractivity contribution is 7.91. The van der Waals surface area contributed by atoms with Crippen LogP contribution in [0.5, 0.6) is 11.5 Å². The number of ether oxygens (including phenoxy) is 1. The van der Waals surface area contributed by atoms with Gasteiger partial charge in [-0.2, -0.15) is 0 Å². The van der Waals surface area contributed by atoms with Gasteiger partial charge in [-0.05, 0) is 61.0 Å². The third-order valence-electron chi connectivity index (χ3n) is 4.93. The quantitative estimate of drug-likeness (QED) is 0.311. The van der Waals surface area contributed by atoms with Gasteiger partial charge in [0.15, 0.2) is 9.84 Å². The molecule has 0 spiro atoms. The standard InChI is InChI=1S/C24H19Cl2NO3S/c1-3-31(28,29)18-7-4-6-16(13-18)30-17-10-11-22(25)21(14-17)20-12-15(2)27-24-19(20)8-5-9-23(24)26/h4-14H,3H2,1-2H3. The Balaban J connectivity index is 1.79. The van der Waals surface area contributed by atoms with Crippen molar-refractivity contribution in [2.45, 2.75) is 18.7 Å². The SMILES string of the molecule is CCS(=O)(=O)c1cccc(Oc2ccc(Cl)c(-c3cc(C)nc4c(Cl)cccc34)c2)c1. The van der Waals surface area contributed by atoms with E-state index in [1.807, 2.05) is 31.2 Å². The zero-order valence-corrected chi connectivity index (χ0v) is 19.2. The van der Waals surface area contributed by atoms with Crippen LogP contribution in [0.15, 0.2) is 71.6 Å². The van der Waals surface area contributed by atoms with Crippen LogP contribution in [-0.4, -0.2) is 19.2 Å². The summed E-state index contributed by atoms with van der Waals surface area (Å²) in [6.45, 7) is 3.52. The third-order valence-corrected chi connectivity index (χ3v) is 7.29. The molecule has 31 heavy (non-hydrogen) atoms. The smallest absolute Gasteiger partial charge is 0.178 e. The second-order valence-electron chi connectivity index (χ2n) is 7.07. The Bertz CT molecular complexity index is 1400. The van der Waals surface area contributed by atoms with E-state index in [0.717, 1.165) is 22.2 Å². The molecule has 0 radical (unpaired) electrons. The van der Waals surface area contributed by atoms with Crippen molar-refractivity contribution >= 4 is 43.9 Å². The van der Waals surface area contributed by atoms with Crippen molar-refractivity contribution in [2.75, 3.05) is 5.75 Å². The van der Waals surface area contributed by atoms with Crippen molar-refractivity contribution in [1.82, 2.24) is 4.98 Å². The number of rotatable bonds is 5. The average Bonchev–Trinajstić information content (AvgIpc) is 2.75. The number of fused-ring (bicyclic) bond motifs is 1. The molecule has 158 valence electrons. The van der Waals surface area contributed by atoms with E-state index in [1.165, 1.54) is 6.07 Å². The summed E-state index contributed by atoms with van der Waals surface area (Å²) in [6.07, 6.45) is 0. The lowest BCUT2D eigenvalue weighted by Crippen LogP contribution is -2.03. The summed E-state index contributed by atoms with van der Waals surface area (Å²) in [5.74, 6) is 0.996. The summed E-state index contributed by atoms with van der Waals surface area (Å²) in [7, 11) is -3.32. The van der Waals surface area contributed by atoms with Crippen molar-refractivity contribution in [3.05, 3.63) is 82.5 Å². The van der Waals surface area contributed by atoms with Crippen molar-refractivity contribution in [2.24, 2.45) is 0 Å². The summed E-state index contributed by atoms with van der Waals surface area (Å²) >= 11 is 12.9. The van der Waals surface area contributed by atoms with Gasteiger partial charge in [0, 0.05) is 21.7 Å². The number of halogens is 2. The molecule has 0 fully saturated rings. The zero-order valence-electron chi connectivity index (χ0n) is 16.9. The minimum Gasteiger partial charge on any atom is -0.457 e. The Morgan fingerprint density at radius 3 is 2.39 bits per heavy atom. The zero-order chi connectivity index (χ0) is 22.2. The minimum absolute atomic E-state index is 0.0264. The molecule has 0 aliphatic heterocycles. The fraction of sp³-hybridized carbons (Fsp3) is 0.125. The molecule has 0 unspecified atom stereocenters. The van der Waals surface area contributed by atoms with Gasteiger partial charge >= 0.3 is 0 Å². The van der Waals surface area contributed by atoms with Gasteiger partial charge in [-0.15, -0.1) is 0 Å². The first-order chi connectivity index (χ1) is 14.8. The third kappa shape index (κ3) is 4.40. The van der Waals surface area contributed by atoms with Crippen molar-refractivity contribution in [1.29, 1.82) is 0 Å². The molecule has 0 N–H and O–H groups in total. The van der Waals surface area contributed by atoms with Gasteiger partial charge in [-0.3, -0.25) is 4.98 Å². The second-order valence-corrected chi connectivity index (χ2v) is 10.2. The van der Waals surface area contributed by atoms with E-state index < -0.39 is 9.84 Å². The number of aromatic nitrogens is 1. The van der Waals surface area contributed by atoms with E-state index >= 15 is 0 Å². The lowest BCUT2D eigenvalue weighted by Gasteiger charge is -2.13. The molecule has 4 nitrogen and oxygen atoms in total. The summed E-state index contributed by atoms with van der Waals surface area (Å²) in [6, 6.07) is 19.4. The van der Waals surface area contributed by atoms with E-state index in [9.17, 15) is 8.42 Å². The number of nitrogens with zero attached hydrogens (tertiary/aromatic N) is 1. The van der Waals surface area contributed by atoms with Crippen LogP contribution in [0.3, 0.4) is 0 Å². The molecule has 0 bridgehead atoms. The number of benzene rings is 3. The second kappa shape index (κ2) is 8.50. The van der Waals surface area contributed by atoms with E-state index in [4.69, 9.17) is 27.9 Å². The Hall–Kier alpha value is -2.60. The van der Waals surface area contributed by atoms with Gasteiger partial charge < -0.3 is 4.74 Å². The molecule has 7 heteroatoms.